The van der Waals surface area contributed by atoms with E-state index in [0.717, 1.165) is 12.1 Å². The Morgan fingerprint density at radius 2 is 1.87 bits per heavy atom. The molecule has 1 aliphatic carbocycles. The van der Waals surface area contributed by atoms with Crippen LogP contribution in [0.3, 0.4) is 0 Å². The molecule has 0 aromatic heterocycles. The number of halogens is 5. The maximum Gasteiger partial charge on any atom is 0.416 e. The van der Waals surface area contributed by atoms with Gasteiger partial charge in [0.2, 0.25) is 11.8 Å². The van der Waals surface area contributed by atoms with Crippen LogP contribution >= 0.6 is 0 Å². The van der Waals surface area contributed by atoms with E-state index in [1.54, 1.807) is 0 Å². The average molecular weight is 335 g/mol. The smallest absolute Gasteiger partial charge is 0.341 e. The molecule has 128 valence electrons. The van der Waals surface area contributed by atoms with Crippen LogP contribution in [0.2, 0.25) is 0 Å². The van der Waals surface area contributed by atoms with Crippen molar-refractivity contribution in [3.63, 3.8) is 0 Å². The summed E-state index contributed by atoms with van der Waals surface area (Å²) in [5.41, 5.74) is -0.412. The molecule has 0 spiro atoms. The molecule has 1 aromatic rings. The SMILES string of the molecule is CN(Cc1cccc(C(F)(F)F)c1)C(=O)C1CCC(F)(F)CC1. The zero-order valence-electron chi connectivity index (χ0n) is 12.7. The molecule has 1 aliphatic rings. The normalized spacial score (nSPS) is 18.7. The fourth-order valence-electron chi connectivity index (χ4n) is 2.80. The van der Waals surface area contributed by atoms with Crippen LogP contribution in [0.25, 0.3) is 0 Å². The maximum atomic E-state index is 13.1. The van der Waals surface area contributed by atoms with Gasteiger partial charge in [-0.15, -0.1) is 0 Å². The van der Waals surface area contributed by atoms with Crippen molar-refractivity contribution < 1.29 is 26.7 Å². The molecule has 0 atom stereocenters. The van der Waals surface area contributed by atoms with E-state index in [9.17, 15) is 26.7 Å². The second kappa shape index (κ2) is 6.45. The number of carbonyl (C=O) groups excluding carboxylic acids is 1. The lowest BCUT2D eigenvalue weighted by Gasteiger charge is -2.30. The van der Waals surface area contributed by atoms with Gasteiger partial charge in [-0.2, -0.15) is 13.2 Å². The molecule has 0 heterocycles. The number of carbonyl (C=O) groups is 1. The van der Waals surface area contributed by atoms with E-state index >= 15 is 0 Å². The molecule has 23 heavy (non-hydrogen) atoms. The Hall–Kier alpha value is -1.66. The van der Waals surface area contributed by atoms with E-state index < -0.39 is 23.6 Å². The third kappa shape index (κ3) is 4.65. The average Bonchev–Trinajstić information content (AvgIpc) is 2.46. The molecule has 0 aliphatic heterocycles. The van der Waals surface area contributed by atoms with Gasteiger partial charge in [-0.05, 0) is 30.5 Å². The lowest BCUT2D eigenvalue weighted by molar-refractivity contribution is -0.138. The summed E-state index contributed by atoms with van der Waals surface area (Å²) in [4.78, 5) is 13.6. The molecule has 0 radical (unpaired) electrons. The van der Waals surface area contributed by atoms with Crippen molar-refractivity contribution in [1.29, 1.82) is 0 Å². The van der Waals surface area contributed by atoms with Crippen LogP contribution in [0.15, 0.2) is 24.3 Å². The van der Waals surface area contributed by atoms with Crippen LogP contribution in [-0.4, -0.2) is 23.8 Å². The first kappa shape index (κ1) is 17.7. The van der Waals surface area contributed by atoms with Gasteiger partial charge in [0.1, 0.15) is 0 Å². The van der Waals surface area contributed by atoms with Crippen molar-refractivity contribution >= 4 is 5.91 Å². The van der Waals surface area contributed by atoms with Crippen LogP contribution in [0.4, 0.5) is 22.0 Å². The maximum absolute atomic E-state index is 13.1. The first-order chi connectivity index (χ1) is 10.6. The molecule has 0 saturated heterocycles. The molecule has 1 aromatic carbocycles. The Bertz CT molecular complexity index is 560. The second-order valence-electron chi connectivity index (χ2n) is 6.02. The zero-order chi connectivity index (χ0) is 17.3. The topological polar surface area (TPSA) is 20.3 Å². The van der Waals surface area contributed by atoms with E-state index in [2.05, 4.69) is 0 Å². The lowest BCUT2D eigenvalue weighted by atomic mass is 9.86. The van der Waals surface area contributed by atoms with Gasteiger partial charge in [0.15, 0.2) is 0 Å². The number of benzene rings is 1. The highest BCUT2D eigenvalue weighted by Gasteiger charge is 2.38. The van der Waals surface area contributed by atoms with Crippen LogP contribution in [-0.2, 0) is 17.5 Å². The Morgan fingerprint density at radius 3 is 2.43 bits per heavy atom. The molecule has 0 bridgehead atoms. The number of hydrogen-bond acceptors (Lipinski definition) is 1. The molecule has 1 amide bonds. The molecule has 0 unspecified atom stereocenters. The lowest BCUT2D eigenvalue weighted by Crippen LogP contribution is -2.36. The van der Waals surface area contributed by atoms with Crippen molar-refractivity contribution in [2.75, 3.05) is 7.05 Å². The summed E-state index contributed by atoms with van der Waals surface area (Å²) >= 11 is 0. The number of amides is 1. The Labute approximate surface area is 131 Å². The van der Waals surface area contributed by atoms with Gasteiger partial charge in [0, 0.05) is 32.4 Å². The van der Waals surface area contributed by atoms with E-state index in [1.165, 1.54) is 24.1 Å². The Morgan fingerprint density at radius 1 is 1.26 bits per heavy atom. The third-order valence-corrected chi connectivity index (χ3v) is 4.12. The minimum Gasteiger partial charge on any atom is -0.341 e. The first-order valence-electron chi connectivity index (χ1n) is 7.37. The minimum atomic E-state index is -4.44. The summed E-state index contributed by atoms with van der Waals surface area (Å²) in [6, 6.07) is 4.76. The van der Waals surface area contributed by atoms with E-state index in [0.29, 0.717) is 5.56 Å². The summed E-state index contributed by atoms with van der Waals surface area (Å²) in [6.45, 7) is 0.0235. The standard InChI is InChI=1S/C16H18F5NO/c1-22(14(23)12-5-7-15(17,18)8-6-12)10-11-3-2-4-13(9-11)16(19,20)21/h2-4,9,12H,5-8,10H2,1H3. The van der Waals surface area contributed by atoms with Crippen molar-refractivity contribution in [2.24, 2.45) is 5.92 Å². The molecular formula is C16H18F5NO. The van der Waals surface area contributed by atoms with E-state index in [1.807, 2.05) is 0 Å². The fraction of sp³-hybridized carbons (Fsp3) is 0.562. The van der Waals surface area contributed by atoms with Crippen LogP contribution in [0, 0.1) is 5.92 Å². The number of nitrogens with zero attached hydrogens (tertiary/aromatic N) is 1. The largest absolute Gasteiger partial charge is 0.416 e. The number of hydrogen-bond donors (Lipinski definition) is 0. The van der Waals surface area contributed by atoms with Gasteiger partial charge in [-0.3, -0.25) is 4.79 Å². The van der Waals surface area contributed by atoms with Gasteiger partial charge in [-0.25, -0.2) is 8.78 Å². The van der Waals surface area contributed by atoms with Gasteiger partial charge < -0.3 is 4.90 Å². The van der Waals surface area contributed by atoms with Crippen molar-refractivity contribution in [3.05, 3.63) is 35.4 Å². The molecule has 2 rings (SSSR count). The quantitative estimate of drug-likeness (QED) is 0.746. The molecule has 1 fully saturated rings. The molecule has 7 heteroatoms. The first-order valence-corrected chi connectivity index (χ1v) is 7.37. The van der Waals surface area contributed by atoms with Crippen LogP contribution in [0.1, 0.15) is 36.8 Å². The summed E-state index contributed by atoms with van der Waals surface area (Å²) in [7, 11) is 1.48. The third-order valence-electron chi connectivity index (χ3n) is 4.12. The summed E-state index contributed by atoms with van der Waals surface area (Å²) in [5, 5.41) is 0. The molecule has 1 saturated carbocycles. The Balaban J connectivity index is 1.99. The van der Waals surface area contributed by atoms with Gasteiger partial charge in [0.25, 0.3) is 0 Å². The number of alkyl halides is 5. The van der Waals surface area contributed by atoms with E-state index in [4.69, 9.17) is 0 Å². The zero-order valence-corrected chi connectivity index (χ0v) is 12.7. The van der Waals surface area contributed by atoms with Gasteiger partial charge in [0.05, 0.1) is 5.56 Å². The summed E-state index contributed by atoms with van der Waals surface area (Å²) in [5.74, 6) is -3.49. The highest BCUT2D eigenvalue weighted by Crippen LogP contribution is 2.37. The summed E-state index contributed by atoms with van der Waals surface area (Å²) < 4.78 is 64.3. The molecule has 2 nitrogen and oxygen atoms in total. The fourth-order valence-corrected chi connectivity index (χ4v) is 2.80. The number of rotatable bonds is 3. The monoisotopic (exact) mass is 335 g/mol. The van der Waals surface area contributed by atoms with E-state index in [-0.39, 0.29) is 38.1 Å². The van der Waals surface area contributed by atoms with Crippen LogP contribution in [0.5, 0.6) is 0 Å². The highest BCUT2D eigenvalue weighted by molar-refractivity contribution is 5.78. The molecular weight excluding hydrogens is 317 g/mol. The predicted octanol–water partition coefficient (Wildman–Crippen LogP) is 4.49. The van der Waals surface area contributed by atoms with Crippen molar-refractivity contribution in [2.45, 2.75) is 44.3 Å². The minimum absolute atomic E-state index is 0.0235. The second-order valence-corrected chi connectivity index (χ2v) is 6.02. The van der Waals surface area contributed by atoms with Gasteiger partial charge >= 0.3 is 6.18 Å². The predicted molar refractivity (Wildman–Crippen MR) is 74.8 cm³/mol. The van der Waals surface area contributed by atoms with Crippen LogP contribution < -0.4 is 0 Å². The highest BCUT2D eigenvalue weighted by atomic mass is 19.4. The Kier molecular flexibility index (Phi) is 4.96. The van der Waals surface area contributed by atoms with Crippen molar-refractivity contribution in [3.8, 4) is 0 Å². The van der Waals surface area contributed by atoms with Crippen molar-refractivity contribution in [1.82, 2.24) is 4.90 Å². The molecule has 0 N–H and O–H groups in total. The van der Waals surface area contributed by atoms with Gasteiger partial charge in [-0.1, -0.05) is 12.1 Å². The summed E-state index contributed by atoms with van der Waals surface area (Å²) in [6.07, 6.45) is -4.85.